The van der Waals surface area contributed by atoms with Gasteiger partial charge >= 0.3 is 0 Å². The highest BCUT2D eigenvalue weighted by Crippen LogP contribution is 2.23. The monoisotopic (exact) mass is 309 g/mol. The Morgan fingerprint density at radius 3 is 2.85 bits per heavy atom. The molecule has 0 fully saturated rings. The van der Waals surface area contributed by atoms with Gasteiger partial charge < -0.3 is 10.4 Å². The summed E-state index contributed by atoms with van der Waals surface area (Å²) < 4.78 is 13.7. The Kier molecular flexibility index (Phi) is 4.74. The summed E-state index contributed by atoms with van der Waals surface area (Å²) in [6.45, 7) is -0.338. The van der Waals surface area contributed by atoms with Gasteiger partial charge in [0.15, 0.2) is 0 Å². The predicted molar refractivity (Wildman–Crippen MR) is 77.6 cm³/mol. The van der Waals surface area contributed by atoms with E-state index in [1.165, 1.54) is 29.5 Å². The number of anilines is 1. The van der Waals surface area contributed by atoms with E-state index in [0.717, 1.165) is 0 Å². The molecule has 3 nitrogen and oxygen atoms in total. The summed E-state index contributed by atoms with van der Waals surface area (Å²) in [6.07, 6.45) is 0. The molecule has 6 heteroatoms. The van der Waals surface area contributed by atoms with Crippen molar-refractivity contribution in [3.8, 4) is 11.8 Å². The van der Waals surface area contributed by atoms with Gasteiger partial charge in [0.1, 0.15) is 17.3 Å². The molecule has 2 rings (SSSR count). The molecule has 0 aliphatic carbocycles. The van der Waals surface area contributed by atoms with Crippen LogP contribution in [0, 0.1) is 17.7 Å². The standard InChI is InChI=1S/C14H9ClFNO2S/c15-11-5-7-20-13(11)14(19)17-10-4-3-9(2-1-6-18)12(16)8-10/h3-5,7-8,18H,6H2,(H,17,19). The molecule has 2 aromatic rings. The zero-order valence-electron chi connectivity index (χ0n) is 10.1. The van der Waals surface area contributed by atoms with Gasteiger partial charge in [-0.2, -0.15) is 0 Å². The molecule has 1 aromatic carbocycles. The summed E-state index contributed by atoms with van der Waals surface area (Å²) >= 11 is 7.06. The molecule has 0 aliphatic heterocycles. The molecule has 0 aliphatic rings. The van der Waals surface area contributed by atoms with Crippen LogP contribution in [-0.2, 0) is 0 Å². The molecule has 102 valence electrons. The maximum Gasteiger partial charge on any atom is 0.267 e. The van der Waals surface area contributed by atoms with Crippen molar-refractivity contribution in [3.63, 3.8) is 0 Å². The quantitative estimate of drug-likeness (QED) is 0.837. The number of hydrogen-bond donors (Lipinski definition) is 2. The van der Waals surface area contributed by atoms with Crippen molar-refractivity contribution < 1.29 is 14.3 Å². The van der Waals surface area contributed by atoms with E-state index >= 15 is 0 Å². The van der Waals surface area contributed by atoms with Gasteiger partial charge in [-0.3, -0.25) is 4.79 Å². The summed E-state index contributed by atoms with van der Waals surface area (Å²) in [7, 11) is 0. The highest BCUT2D eigenvalue weighted by molar-refractivity contribution is 7.12. The zero-order chi connectivity index (χ0) is 14.5. The number of hydrogen-bond acceptors (Lipinski definition) is 3. The Hall–Kier alpha value is -1.87. The first kappa shape index (κ1) is 14.5. The summed E-state index contributed by atoms with van der Waals surface area (Å²) in [6, 6.07) is 5.75. The van der Waals surface area contributed by atoms with E-state index in [4.69, 9.17) is 16.7 Å². The van der Waals surface area contributed by atoms with Crippen molar-refractivity contribution in [1.29, 1.82) is 0 Å². The number of carbonyl (C=O) groups excluding carboxylic acids is 1. The Bertz CT molecular complexity index is 703. The fraction of sp³-hybridized carbons (Fsp3) is 0.0714. The second-order valence-corrected chi connectivity index (χ2v) is 5.03. The molecule has 20 heavy (non-hydrogen) atoms. The van der Waals surface area contributed by atoms with Gasteiger partial charge in [0.2, 0.25) is 0 Å². The van der Waals surface area contributed by atoms with E-state index in [-0.39, 0.29) is 12.2 Å². The second kappa shape index (κ2) is 6.53. The fourth-order valence-electron chi connectivity index (χ4n) is 1.47. The van der Waals surface area contributed by atoms with Crippen molar-refractivity contribution in [2.45, 2.75) is 0 Å². The van der Waals surface area contributed by atoms with Crippen molar-refractivity contribution in [1.82, 2.24) is 0 Å². The predicted octanol–water partition coefficient (Wildman–Crippen LogP) is 3.14. The van der Waals surface area contributed by atoms with Crippen LogP contribution in [0.25, 0.3) is 0 Å². The Labute approximate surface area is 124 Å². The molecule has 0 saturated carbocycles. The molecule has 1 aromatic heterocycles. The summed E-state index contributed by atoms with van der Waals surface area (Å²) in [5.74, 6) is 3.87. The van der Waals surface area contributed by atoms with Gasteiger partial charge in [-0.25, -0.2) is 4.39 Å². The van der Waals surface area contributed by atoms with Crippen LogP contribution in [0.5, 0.6) is 0 Å². The highest BCUT2D eigenvalue weighted by Gasteiger charge is 2.12. The Morgan fingerprint density at radius 1 is 1.45 bits per heavy atom. The van der Waals surface area contributed by atoms with Crippen LogP contribution in [-0.4, -0.2) is 17.6 Å². The van der Waals surface area contributed by atoms with E-state index in [1.807, 2.05) is 0 Å². The lowest BCUT2D eigenvalue weighted by Gasteiger charge is -2.05. The molecule has 1 heterocycles. The summed E-state index contributed by atoms with van der Waals surface area (Å²) in [5.41, 5.74) is 0.470. The average Bonchev–Trinajstić information content (AvgIpc) is 2.84. The van der Waals surface area contributed by atoms with Crippen molar-refractivity contribution in [3.05, 3.63) is 50.9 Å². The van der Waals surface area contributed by atoms with Crippen molar-refractivity contribution >= 4 is 34.5 Å². The molecule has 0 saturated heterocycles. The van der Waals surface area contributed by atoms with E-state index in [1.54, 1.807) is 11.4 Å². The first-order valence-electron chi connectivity index (χ1n) is 5.55. The SMILES string of the molecule is O=C(Nc1ccc(C#CCO)c(F)c1)c1sccc1Cl. The Balaban J connectivity index is 2.17. The molecule has 1 amide bonds. The maximum absolute atomic E-state index is 13.7. The van der Waals surface area contributed by atoms with Gasteiger partial charge in [-0.1, -0.05) is 23.4 Å². The van der Waals surface area contributed by atoms with Gasteiger partial charge in [-0.05, 0) is 29.6 Å². The normalized spacial score (nSPS) is 9.75. The topological polar surface area (TPSA) is 49.3 Å². The molecule has 0 bridgehead atoms. The first-order valence-corrected chi connectivity index (χ1v) is 6.81. The van der Waals surface area contributed by atoms with Crippen LogP contribution < -0.4 is 5.32 Å². The van der Waals surface area contributed by atoms with Crippen LogP contribution in [0.2, 0.25) is 5.02 Å². The molecular formula is C14H9ClFNO2S. The van der Waals surface area contributed by atoms with Crippen LogP contribution in [0.1, 0.15) is 15.2 Å². The van der Waals surface area contributed by atoms with Gasteiger partial charge in [0, 0.05) is 5.69 Å². The van der Waals surface area contributed by atoms with Crippen molar-refractivity contribution in [2.24, 2.45) is 0 Å². The number of amides is 1. The zero-order valence-corrected chi connectivity index (χ0v) is 11.7. The van der Waals surface area contributed by atoms with Crippen molar-refractivity contribution in [2.75, 3.05) is 11.9 Å². The second-order valence-electron chi connectivity index (χ2n) is 3.71. The first-order chi connectivity index (χ1) is 9.61. The number of aliphatic hydroxyl groups is 1. The van der Waals surface area contributed by atoms with Crippen LogP contribution in [0.3, 0.4) is 0 Å². The molecular weight excluding hydrogens is 301 g/mol. The minimum absolute atomic E-state index is 0.159. The number of aliphatic hydroxyl groups excluding tert-OH is 1. The minimum Gasteiger partial charge on any atom is -0.384 e. The number of halogens is 2. The average molecular weight is 310 g/mol. The van der Waals surface area contributed by atoms with Crippen LogP contribution in [0.4, 0.5) is 10.1 Å². The number of rotatable bonds is 2. The molecule has 0 spiro atoms. The van der Waals surface area contributed by atoms with E-state index in [0.29, 0.717) is 15.6 Å². The smallest absolute Gasteiger partial charge is 0.267 e. The third-order valence-electron chi connectivity index (χ3n) is 2.35. The molecule has 0 unspecified atom stereocenters. The highest BCUT2D eigenvalue weighted by atomic mass is 35.5. The van der Waals surface area contributed by atoms with E-state index in [2.05, 4.69) is 17.2 Å². The molecule has 2 N–H and O–H groups in total. The Morgan fingerprint density at radius 2 is 2.25 bits per heavy atom. The van der Waals surface area contributed by atoms with E-state index < -0.39 is 11.7 Å². The lowest BCUT2D eigenvalue weighted by molar-refractivity contribution is 0.103. The molecule has 0 radical (unpaired) electrons. The van der Waals surface area contributed by atoms with Crippen LogP contribution in [0.15, 0.2) is 29.6 Å². The number of benzene rings is 1. The third-order valence-corrected chi connectivity index (χ3v) is 3.69. The van der Waals surface area contributed by atoms with Crippen LogP contribution >= 0.6 is 22.9 Å². The summed E-state index contributed by atoms with van der Waals surface area (Å²) in [5, 5.41) is 13.2. The number of carbonyl (C=O) groups is 1. The van der Waals surface area contributed by atoms with Gasteiger partial charge in [-0.15, -0.1) is 11.3 Å². The van der Waals surface area contributed by atoms with Gasteiger partial charge in [0.05, 0.1) is 10.6 Å². The maximum atomic E-state index is 13.7. The largest absolute Gasteiger partial charge is 0.384 e. The lowest BCUT2D eigenvalue weighted by atomic mass is 10.2. The summed E-state index contributed by atoms with van der Waals surface area (Å²) in [4.78, 5) is 12.3. The van der Waals surface area contributed by atoms with Gasteiger partial charge in [0.25, 0.3) is 5.91 Å². The number of thiophene rings is 1. The lowest BCUT2D eigenvalue weighted by Crippen LogP contribution is -2.10. The molecule has 0 atom stereocenters. The third kappa shape index (κ3) is 3.36. The number of nitrogens with one attached hydrogen (secondary N) is 1. The fourth-order valence-corrected chi connectivity index (χ4v) is 2.51. The minimum atomic E-state index is -0.568. The van der Waals surface area contributed by atoms with E-state index in [9.17, 15) is 9.18 Å².